The van der Waals surface area contributed by atoms with Gasteiger partial charge < -0.3 is 0 Å². The van der Waals surface area contributed by atoms with Crippen molar-refractivity contribution in [2.75, 3.05) is 0 Å². The quantitative estimate of drug-likeness (QED) is 0.206. The second kappa shape index (κ2) is 6.52. The molecule has 0 aromatic heterocycles. The average molecular weight is 435 g/mol. The minimum absolute atomic E-state index is 0.304. The van der Waals surface area contributed by atoms with Crippen LogP contribution in [0.25, 0.3) is 5.57 Å². The molecule has 8 heteroatoms. The Morgan fingerprint density at radius 1 is 0.407 bits per heavy atom. The Morgan fingerprint density at radius 3 is 1.00 bits per heavy atom. The highest BCUT2D eigenvalue weighted by atomic mass is 28.3. The van der Waals surface area contributed by atoms with Crippen molar-refractivity contribution in [1.82, 2.24) is 0 Å². The van der Waals surface area contributed by atoms with Crippen molar-refractivity contribution in [3.63, 3.8) is 0 Å². The monoisotopic (exact) mass is 434 g/mol. The molecule has 0 fully saturated rings. The van der Waals surface area contributed by atoms with Crippen LogP contribution in [-0.2, 0) is 0 Å². The highest BCUT2D eigenvalue weighted by molar-refractivity contribution is 6.99. The molecule has 1 aromatic rings. The first-order chi connectivity index (χ1) is 11.9. The van der Waals surface area contributed by atoms with Gasteiger partial charge in [0.15, 0.2) is 23.3 Å². The van der Waals surface area contributed by atoms with Crippen LogP contribution in [0.4, 0.5) is 22.0 Å². The molecule has 0 heterocycles. The summed E-state index contributed by atoms with van der Waals surface area (Å²) in [7, 11) is -6.08. The van der Waals surface area contributed by atoms with E-state index < -0.39 is 58.9 Å². The van der Waals surface area contributed by atoms with Crippen molar-refractivity contribution in [3.05, 3.63) is 50.2 Å². The summed E-state index contributed by atoms with van der Waals surface area (Å²) in [4.78, 5) is 0. The van der Waals surface area contributed by atoms with Crippen LogP contribution in [-0.4, -0.2) is 24.2 Å². The first-order valence-corrected chi connectivity index (χ1v) is 19.4. The van der Waals surface area contributed by atoms with E-state index in [1.165, 1.54) is 5.20 Å². The number of halogens is 5. The lowest BCUT2D eigenvalue weighted by Gasteiger charge is -2.47. The molecule has 2 rings (SSSR count). The fourth-order valence-electron chi connectivity index (χ4n) is 3.76. The second-order valence-electron chi connectivity index (χ2n) is 10.2. The maximum absolute atomic E-state index is 14.7. The van der Waals surface area contributed by atoms with Crippen LogP contribution in [0.1, 0.15) is 5.56 Å². The van der Waals surface area contributed by atoms with E-state index in [-0.39, 0.29) is 0 Å². The maximum Gasteiger partial charge on any atom is 0.200 e. The van der Waals surface area contributed by atoms with E-state index in [0.29, 0.717) is 5.57 Å². The van der Waals surface area contributed by atoms with Crippen molar-refractivity contribution in [3.8, 4) is 0 Å². The van der Waals surface area contributed by atoms with Gasteiger partial charge in [-0.15, -0.1) is 0 Å². The summed E-state index contributed by atoms with van der Waals surface area (Å²) in [5.41, 5.74) is -0.429. The standard InChI is InChI=1S/C19H27F5Si3/c1-25(2,3)17-11(18(26(4,5)6)19(17)27(7,8)9)10-12(20)14(22)16(24)15(23)13(10)21/h1-9H3. The van der Waals surface area contributed by atoms with Crippen LogP contribution in [0.3, 0.4) is 0 Å². The fraction of sp³-hybridized carbons (Fsp3) is 0.474. The predicted molar refractivity (Wildman–Crippen MR) is 110 cm³/mol. The molecule has 0 saturated heterocycles. The van der Waals surface area contributed by atoms with Crippen molar-refractivity contribution in [1.29, 1.82) is 0 Å². The Bertz CT molecular complexity index is 850. The Kier molecular flexibility index (Phi) is 5.38. The predicted octanol–water partition coefficient (Wildman–Crippen LogP) is 7.08. The highest BCUT2D eigenvalue weighted by Crippen LogP contribution is 2.54. The molecule has 0 radical (unpaired) electrons. The molecule has 0 aliphatic heterocycles. The number of hydrogen-bond donors (Lipinski definition) is 0. The molecular weight excluding hydrogens is 407 g/mol. The third-order valence-electron chi connectivity index (χ3n) is 4.71. The molecule has 0 atom stereocenters. The lowest BCUT2D eigenvalue weighted by molar-refractivity contribution is 0.376. The molecule has 0 unspecified atom stereocenters. The Balaban J connectivity index is 3.01. The van der Waals surface area contributed by atoms with Crippen molar-refractivity contribution in [2.24, 2.45) is 0 Å². The van der Waals surface area contributed by atoms with Gasteiger partial charge in [-0.3, -0.25) is 0 Å². The molecule has 0 N–H and O–H groups in total. The molecular formula is C19H27F5Si3. The van der Waals surface area contributed by atoms with Crippen LogP contribution in [0.5, 0.6) is 0 Å². The molecule has 1 aliphatic carbocycles. The SMILES string of the molecule is C[Si](C)(C)C1=C(c2c(F)c(F)c(F)c(F)c2F)C([Si](C)(C)C)=C1[Si](C)(C)C. The van der Waals surface area contributed by atoms with Crippen LogP contribution in [0, 0.1) is 29.1 Å². The lowest BCUT2D eigenvalue weighted by atomic mass is 9.96. The summed E-state index contributed by atoms with van der Waals surface area (Å²) in [5, 5.41) is 2.93. The summed E-state index contributed by atoms with van der Waals surface area (Å²) in [6, 6.07) is 0. The van der Waals surface area contributed by atoms with Gasteiger partial charge in [0.1, 0.15) is 0 Å². The van der Waals surface area contributed by atoms with Crippen molar-refractivity contribution in [2.45, 2.75) is 58.9 Å². The van der Waals surface area contributed by atoms with Crippen molar-refractivity contribution < 1.29 is 22.0 Å². The van der Waals surface area contributed by atoms with Gasteiger partial charge >= 0.3 is 0 Å². The van der Waals surface area contributed by atoms with E-state index in [2.05, 4.69) is 58.9 Å². The van der Waals surface area contributed by atoms with Gasteiger partial charge in [-0.25, -0.2) is 22.0 Å². The van der Waals surface area contributed by atoms with E-state index in [1.54, 1.807) is 0 Å². The summed E-state index contributed by atoms with van der Waals surface area (Å²) < 4.78 is 70.8. The Morgan fingerprint density at radius 2 is 0.704 bits per heavy atom. The molecule has 27 heavy (non-hydrogen) atoms. The number of rotatable bonds is 4. The molecule has 1 aliphatic rings. The molecule has 1 aromatic carbocycles. The molecule has 0 amide bonds. The zero-order valence-corrected chi connectivity index (χ0v) is 20.4. The maximum atomic E-state index is 14.7. The summed E-state index contributed by atoms with van der Waals surface area (Å²) in [6.45, 7) is 18.8. The lowest BCUT2D eigenvalue weighted by Crippen LogP contribution is -2.47. The van der Waals surface area contributed by atoms with Crippen LogP contribution in [0.15, 0.2) is 15.6 Å². The first-order valence-electron chi connectivity index (χ1n) is 8.94. The van der Waals surface area contributed by atoms with Crippen LogP contribution < -0.4 is 0 Å². The Labute approximate surface area is 161 Å². The van der Waals surface area contributed by atoms with Gasteiger partial charge in [0, 0.05) is 0 Å². The third kappa shape index (κ3) is 3.55. The topological polar surface area (TPSA) is 0 Å². The van der Waals surface area contributed by atoms with Gasteiger partial charge in [0.05, 0.1) is 29.8 Å². The number of allylic oxidation sites excluding steroid dienone is 4. The largest absolute Gasteiger partial charge is 0.203 e. The zero-order valence-electron chi connectivity index (χ0n) is 17.4. The smallest absolute Gasteiger partial charge is 0.200 e. The van der Waals surface area contributed by atoms with Gasteiger partial charge in [-0.1, -0.05) is 74.5 Å². The van der Waals surface area contributed by atoms with E-state index in [4.69, 9.17) is 0 Å². The summed E-state index contributed by atoms with van der Waals surface area (Å²) in [5.74, 6) is -9.29. The van der Waals surface area contributed by atoms with E-state index in [0.717, 1.165) is 10.4 Å². The second-order valence-corrected chi connectivity index (χ2v) is 25.2. The number of benzene rings is 1. The molecule has 0 bridgehead atoms. The minimum Gasteiger partial charge on any atom is -0.203 e. The normalized spacial score (nSPS) is 16.2. The highest BCUT2D eigenvalue weighted by Gasteiger charge is 2.48. The molecule has 150 valence electrons. The van der Waals surface area contributed by atoms with Gasteiger partial charge in [-0.05, 0) is 5.57 Å². The third-order valence-corrected chi connectivity index (χ3v) is 11.2. The Hall–Kier alpha value is -0.999. The molecule has 0 spiro atoms. The van der Waals surface area contributed by atoms with Crippen molar-refractivity contribution >= 4 is 29.8 Å². The van der Waals surface area contributed by atoms with Gasteiger partial charge in [-0.2, -0.15) is 0 Å². The summed E-state index contributed by atoms with van der Waals surface area (Å²) in [6.07, 6.45) is 0. The number of hydrogen-bond acceptors (Lipinski definition) is 0. The molecule has 0 nitrogen and oxygen atoms in total. The van der Waals surface area contributed by atoms with Crippen LogP contribution >= 0.6 is 0 Å². The molecule has 0 saturated carbocycles. The van der Waals surface area contributed by atoms with Gasteiger partial charge in [0.2, 0.25) is 5.82 Å². The van der Waals surface area contributed by atoms with E-state index in [9.17, 15) is 22.0 Å². The fourth-order valence-corrected chi connectivity index (χ4v) is 14.0. The summed E-state index contributed by atoms with van der Waals surface area (Å²) >= 11 is 0. The first kappa shape index (κ1) is 22.3. The minimum atomic E-state index is -2.10. The van der Waals surface area contributed by atoms with E-state index >= 15 is 0 Å². The zero-order chi connectivity index (χ0) is 21.3. The van der Waals surface area contributed by atoms with E-state index in [1.807, 2.05) is 0 Å². The van der Waals surface area contributed by atoms with Gasteiger partial charge in [0.25, 0.3) is 0 Å². The average Bonchev–Trinajstić information content (AvgIpc) is 2.41. The van der Waals surface area contributed by atoms with Crippen LogP contribution in [0.2, 0.25) is 58.9 Å².